The van der Waals surface area contributed by atoms with Crippen LogP contribution in [0.3, 0.4) is 0 Å². The number of furan rings is 1. The second-order valence-corrected chi connectivity index (χ2v) is 7.97. The van der Waals surface area contributed by atoms with E-state index in [4.69, 9.17) is 9.15 Å². The summed E-state index contributed by atoms with van der Waals surface area (Å²) in [5, 5.41) is 0. The minimum atomic E-state index is -0.994. The highest BCUT2D eigenvalue weighted by Crippen LogP contribution is 2.40. The zero-order valence-electron chi connectivity index (χ0n) is 17.1. The zero-order chi connectivity index (χ0) is 22.7. The van der Waals surface area contributed by atoms with Gasteiger partial charge in [0.15, 0.2) is 0 Å². The standard InChI is InChI=1S/C24H19F2NO4S/c1-2-11-30-17-8-5-15(6-9-17)21-22(32-14-18-4-3-12-31-18)24(29)27(23(21)28)20-10-7-16(25)13-19(20)26/h3-10,12-13H,2,11,14H2,1H3. The molecule has 2 amide bonds. The predicted molar refractivity (Wildman–Crippen MR) is 118 cm³/mol. The van der Waals surface area contributed by atoms with Gasteiger partial charge in [0, 0.05) is 6.07 Å². The van der Waals surface area contributed by atoms with Crippen molar-refractivity contribution in [2.45, 2.75) is 19.1 Å². The molecule has 5 nitrogen and oxygen atoms in total. The molecule has 1 aliphatic rings. The Bertz CT molecular complexity index is 1170. The van der Waals surface area contributed by atoms with Crippen LogP contribution in [-0.4, -0.2) is 18.4 Å². The smallest absolute Gasteiger partial charge is 0.272 e. The van der Waals surface area contributed by atoms with E-state index in [0.29, 0.717) is 35.5 Å². The largest absolute Gasteiger partial charge is 0.494 e. The highest BCUT2D eigenvalue weighted by Gasteiger charge is 2.41. The second kappa shape index (κ2) is 9.40. The Hall–Kier alpha value is -3.39. The molecular weight excluding hydrogens is 436 g/mol. The van der Waals surface area contributed by atoms with Gasteiger partial charge in [-0.1, -0.05) is 19.1 Å². The lowest BCUT2D eigenvalue weighted by atomic mass is 10.1. The first-order valence-electron chi connectivity index (χ1n) is 9.96. The van der Waals surface area contributed by atoms with E-state index in [1.165, 1.54) is 6.26 Å². The van der Waals surface area contributed by atoms with Gasteiger partial charge in [0.2, 0.25) is 0 Å². The van der Waals surface area contributed by atoms with E-state index in [1.54, 1.807) is 36.4 Å². The highest BCUT2D eigenvalue weighted by atomic mass is 32.2. The molecule has 4 rings (SSSR count). The third-order valence-electron chi connectivity index (χ3n) is 4.75. The Labute approximate surface area is 187 Å². The number of imide groups is 1. The van der Waals surface area contributed by atoms with Gasteiger partial charge in [0.1, 0.15) is 23.1 Å². The second-order valence-electron chi connectivity index (χ2n) is 6.99. The Kier molecular flexibility index (Phi) is 6.41. The van der Waals surface area contributed by atoms with Crippen LogP contribution in [0.2, 0.25) is 0 Å². The van der Waals surface area contributed by atoms with Crippen LogP contribution in [0.1, 0.15) is 24.7 Å². The fraction of sp³-hybridized carbons (Fsp3) is 0.167. The molecule has 3 aromatic rings. The van der Waals surface area contributed by atoms with Gasteiger partial charge >= 0.3 is 0 Å². The normalized spacial score (nSPS) is 13.9. The summed E-state index contributed by atoms with van der Waals surface area (Å²) >= 11 is 1.13. The van der Waals surface area contributed by atoms with E-state index in [1.807, 2.05) is 6.92 Å². The third-order valence-corrected chi connectivity index (χ3v) is 5.84. The maximum atomic E-state index is 14.4. The summed E-state index contributed by atoms with van der Waals surface area (Å²) in [7, 11) is 0. The third kappa shape index (κ3) is 4.31. The lowest BCUT2D eigenvalue weighted by Crippen LogP contribution is -2.32. The molecule has 0 spiro atoms. The highest BCUT2D eigenvalue weighted by molar-refractivity contribution is 8.03. The Morgan fingerprint density at radius 2 is 1.81 bits per heavy atom. The summed E-state index contributed by atoms with van der Waals surface area (Å²) in [6.45, 7) is 2.55. The first-order valence-corrected chi connectivity index (χ1v) is 10.9. The maximum Gasteiger partial charge on any atom is 0.272 e. The van der Waals surface area contributed by atoms with Crippen LogP contribution in [0.4, 0.5) is 14.5 Å². The van der Waals surface area contributed by atoms with E-state index >= 15 is 0 Å². The van der Waals surface area contributed by atoms with Gasteiger partial charge in [-0.25, -0.2) is 13.7 Å². The summed E-state index contributed by atoms with van der Waals surface area (Å²) in [6.07, 6.45) is 2.37. The minimum absolute atomic E-state index is 0.150. The summed E-state index contributed by atoms with van der Waals surface area (Å²) in [5.41, 5.74) is 0.354. The first-order chi connectivity index (χ1) is 15.5. The monoisotopic (exact) mass is 455 g/mol. The number of halogens is 2. The van der Waals surface area contributed by atoms with Crippen LogP contribution >= 0.6 is 11.8 Å². The van der Waals surface area contributed by atoms with Crippen molar-refractivity contribution in [3.63, 3.8) is 0 Å². The average molecular weight is 455 g/mol. The number of anilines is 1. The molecule has 0 N–H and O–H groups in total. The van der Waals surface area contributed by atoms with Gasteiger partial charge in [0.25, 0.3) is 11.8 Å². The van der Waals surface area contributed by atoms with Crippen molar-refractivity contribution in [3.05, 3.63) is 88.7 Å². The molecule has 32 heavy (non-hydrogen) atoms. The molecule has 2 aromatic carbocycles. The van der Waals surface area contributed by atoms with E-state index in [9.17, 15) is 18.4 Å². The minimum Gasteiger partial charge on any atom is -0.494 e. The van der Waals surface area contributed by atoms with Crippen molar-refractivity contribution in [3.8, 4) is 5.75 Å². The van der Waals surface area contributed by atoms with Crippen LogP contribution in [0.15, 0.2) is 70.2 Å². The van der Waals surface area contributed by atoms with Crippen LogP contribution in [-0.2, 0) is 15.3 Å². The molecule has 0 radical (unpaired) electrons. The van der Waals surface area contributed by atoms with Gasteiger partial charge in [-0.15, -0.1) is 11.8 Å². The van der Waals surface area contributed by atoms with Gasteiger partial charge in [-0.3, -0.25) is 9.59 Å². The number of thioether (sulfide) groups is 1. The van der Waals surface area contributed by atoms with Crippen LogP contribution in [0, 0.1) is 11.6 Å². The van der Waals surface area contributed by atoms with Crippen molar-refractivity contribution in [2.75, 3.05) is 11.5 Å². The zero-order valence-corrected chi connectivity index (χ0v) is 18.0. The quantitative estimate of drug-likeness (QED) is 0.416. The molecule has 0 aliphatic carbocycles. The van der Waals surface area contributed by atoms with Gasteiger partial charge in [-0.2, -0.15) is 0 Å². The van der Waals surface area contributed by atoms with Crippen molar-refractivity contribution >= 4 is 34.8 Å². The van der Waals surface area contributed by atoms with Crippen LogP contribution < -0.4 is 9.64 Å². The first kappa shape index (κ1) is 21.8. The van der Waals surface area contributed by atoms with Crippen LogP contribution in [0.25, 0.3) is 5.57 Å². The van der Waals surface area contributed by atoms with E-state index in [-0.39, 0.29) is 16.2 Å². The Balaban J connectivity index is 1.72. The van der Waals surface area contributed by atoms with E-state index in [0.717, 1.165) is 35.2 Å². The Morgan fingerprint density at radius 3 is 2.47 bits per heavy atom. The fourth-order valence-corrected chi connectivity index (χ4v) is 4.27. The van der Waals surface area contributed by atoms with Crippen molar-refractivity contribution in [2.24, 2.45) is 0 Å². The topological polar surface area (TPSA) is 59.8 Å². The van der Waals surface area contributed by atoms with Gasteiger partial charge < -0.3 is 9.15 Å². The molecule has 0 saturated carbocycles. The molecule has 0 saturated heterocycles. The molecular formula is C24H19F2NO4S. The number of carbonyl (C=O) groups excluding carboxylic acids is 2. The maximum absolute atomic E-state index is 14.4. The number of nitrogens with zero attached hydrogens (tertiary/aromatic N) is 1. The number of hydrogen-bond acceptors (Lipinski definition) is 5. The van der Waals surface area contributed by atoms with Crippen molar-refractivity contribution < 1.29 is 27.5 Å². The number of rotatable bonds is 8. The summed E-state index contributed by atoms with van der Waals surface area (Å²) in [5.74, 6) is -1.57. The molecule has 0 fully saturated rings. The summed E-state index contributed by atoms with van der Waals surface area (Å²) < 4.78 is 38.7. The molecule has 1 aliphatic heterocycles. The SMILES string of the molecule is CCCOc1ccc(C2=C(SCc3ccco3)C(=O)N(c3ccc(F)cc3F)C2=O)cc1. The number of benzene rings is 2. The molecule has 8 heteroatoms. The van der Waals surface area contributed by atoms with Gasteiger partial charge in [0.05, 0.1) is 34.8 Å². The van der Waals surface area contributed by atoms with Gasteiger partial charge in [-0.05, 0) is 48.4 Å². The average Bonchev–Trinajstić information content (AvgIpc) is 3.38. The lowest BCUT2D eigenvalue weighted by molar-refractivity contribution is -0.119. The van der Waals surface area contributed by atoms with E-state index < -0.39 is 23.4 Å². The predicted octanol–water partition coefficient (Wildman–Crippen LogP) is 5.56. The number of ether oxygens (including phenoxy) is 1. The van der Waals surface area contributed by atoms with Crippen molar-refractivity contribution in [1.29, 1.82) is 0 Å². The lowest BCUT2D eigenvalue weighted by Gasteiger charge is -2.16. The van der Waals surface area contributed by atoms with E-state index in [2.05, 4.69) is 0 Å². The number of carbonyl (C=O) groups is 2. The fourth-order valence-electron chi connectivity index (χ4n) is 3.26. The molecule has 0 unspecified atom stereocenters. The molecule has 0 bridgehead atoms. The number of amides is 2. The molecule has 1 aromatic heterocycles. The molecule has 164 valence electrons. The van der Waals surface area contributed by atoms with Crippen LogP contribution in [0.5, 0.6) is 5.75 Å². The molecule has 0 atom stereocenters. The van der Waals surface area contributed by atoms with Crippen molar-refractivity contribution in [1.82, 2.24) is 0 Å². The molecule has 2 heterocycles. The Morgan fingerprint density at radius 1 is 1.03 bits per heavy atom. The summed E-state index contributed by atoms with van der Waals surface area (Å²) in [6, 6.07) is 13.0. The number of hydrogen-bond donors (Lipinski definition) is 0. The summed E-state index contributed by atoms with van der Waals surface area (Å²) in [4.78, 5) is 27.4.